The van der Waals surface area contributed by atoms with Gasteiger partial charge < -0.3 is 14.7 Å². The fourth-order valence-corrected chi connectivity index (χ4v) is 3.23. The highest BCUT2D eigenvalue weighted by molar-refractivity contribution is 7.53. The number of alkyl halides is 3. The molecule has 0 aromatic heterocycles. The van der Waals surface area contributed by atoms with Crippen LogP contribution in [-0.4, -0.2) is 59.6 Å². The largest absolute Gasteiger partial charge is 0.480 e. The van der Waals surface area contributed by atoms with Gasteiger partial charge in [0.1, 0.15) is 6.54 Å². The number of ether oxygens (including phenoxy) is 1. The number of hydroxylamine groups is 1. The summed E-state index contributed by atoms with van der Waals surface area (Å²) in [5, 5.41) is 9.51. The highest BCUT2D eigenvalue weighted by atomic mass is 31.2. The fourth-order valence-electron chi connectivity index (χ4n) is 1.90. The highest BCUT2D eigenvalue weighted by Gasteiger charge is 2.51. The van der Waals surface area contributed by atoms with Crippen LogP contribution in [0.25, 0.3) is 0 Å². The third-order valence-electron chi connectivity index (χ3n) is 2.92. The van der Waals surface area contributed by atoms with E-state index in [9.17, 15) is 32.2 Å². The molecule has 1 amide bonds. The van der Waals surface area contributed by atoms with Crippen molar-refractivity contribution in [3.63, 3.8) is 0 Å². The number of benzene rings is 1. The van der Waals surface area contributed by atoms with Crippen LogP contribution in [0.15, 0.2) is 30.3 Å². The zero-order chi connectivity index (χ0) is 20.1. The van der Waals surface area contributed by atoms with Crippen LogP contribution in [0.4, 0.5) is 18.9 Å². The van der Waals surface area contributed by atoms with Gasteiger partial charge in [-0.3, -0.25) is 19.1 Å². The smallest absolute Gasteiger partial charge is 0.471 e. The van der Waals surface area contributed by atoms with E-state index in [2.05, 4.69) is 4.74 Å². The van der Waals surface area contributed by atoms with E-state index in [0.29, 0.717) is 0 Å². The number of carboxylic acids is 1. The Kier molecular flexibility index (Phi) is 7.16. The molecule has 0 heterocycles. The number of carbonyl (C=O) groups is 2. The molecule has 0 saturated heterocycles. The lowest BCUT2D eigenvalue weighted by molar-refractivity contribution is -0.194. The summed E-state index contributed by atoms with van der Waals surface area (Å²) in [7, 11) is -3.19. The Morgan fingerprint density at radius 3 is 2.23 bits per heavy atom. The van der Waals surface area contributed by atoms with Crippen molar-refractivity contribution in [3.8, 4) is 0 Å². The zero-order valence-corrected chi connectivity index (χ0v) is 14.5. The van der Waals surface area contributed by atoms with Crippen molar-refractivity contribution in [1.29, 1.82) is 0 Å². The number of carbonyl (C=O) groups excluding carboxylic acids is 1. The van der Waals surface area contributed by atoms with E-state index in [-0.39, 0.29) is 5.69 Å². The molecule has 1 aromatic carbocycles. The molecule has 9 nitrogen and oxygen atoms in total. The standard InChI is InChI=1S/C13H16F3N2O7P/c1-17(9-6-4-3-5-7-9)25-26(22,23)12(24-2)18(8-10(19)20)11(21)13(14,15)16/h3-7,12H,8H2,1-2H3,(H,19,20)(H,22,23). The van der Waals surface area contributed by atoms with E-state index in [0.717, 1.165) is 12.2 Å². The molecule has 2 N–H and O–H groups in total. The molecule has 1 rings (SSSR count). The van der Waals surface area contributed by atoms with E-state index in [1.165, 1.54) is 19.2 Å². The van der Waals surface area contributed by atoms with Crippen LogP contribution in [0.3, 0.4) is 0 Å². The van der Waals surface area contributed by atoms with Crippen LogP contribution >= 0.6 is 7.60 Å². The summed E-state index contributed by atoms with van der Waals surface area (Å²) in [6, 6.07) is 7.71. The SMILES string of the molecule is COC(N(CC(=O)O)C(=O)C(F)(F)F)P(=O)(O)ON(C)c1ccccc1. The van der Waals surface area contributed by atoms with Crippen molar-refractivity contribution in [3.05, 3.63) is 30.3 Å². The molecule has 0 bridgehead atoms. The average molecular weight is 400 g/mol. The number of hydrogen-bond acceptors (Lipinski definition) is 6. The number of anilines is 1. The highest BCUT2D eigenvalue weighted by Crippen LogP contribution is 2.51. The molecule has 0 aliphatic heterocycles. The summed E-state index contributed by atoms with van der Waals surface area (Å²) in [6.07, 6.45) is -5.49. The Bertz CT molecular complexity index is 686. The van der Waals surface area contributed by atoms with Gasteiger partial charge in [0.05, 0.1) is 5.69 Å². The molecule has 13 heteroatoms. The van der Waals surface area contributed by atoms with Gasteiger partial charge >= 0.3 is 25.6 Å². The first-order chi connectivity index (χ1) is 11.9. The number of rotatable bonds is 8. The van der Waals surface area contributed by atoms with E-state index in [4.69, 9.17) is 9.73 Å². The maximum atomic E-state index is 12.7. The van der Waals surface area contributed by atoms with Crippen LogP contribution in [0, 0.1) is 0 Å². The minimum atomic E-state index is -5.49. The summed E-state index contributed by atoms with van der Waals surface area (Å²) in [5.74, 6) is -7.01. The van der Waals surface area contributed by atoms with Crippen molar-refractivity contribution < 1.29 is 46.7 Å². The summed E-state index contributed by atoms with van der Waals surface area (Å²) in [6.45, 7) is -1.53. The monoisotopic (exact) mass is 400 g/mol. The molecule has 146 valence electrons. The third-order valence-corrected chi connectivity index (χ3v) is 4.45. The van der Waals surface area contributed by atoms with Crippen molar-refractivity contribution >= 4 is 25.2 Å². The fraction of sp³-hybridized carbons (Fsp3) is 0.385. The maximum Gasteiger partial charge on any atom is 0.471 e. The van der Waals surface area contributed by atoms with Crippen molar-refractivity contribution in [2.45, 2.75) is 12.1 Å². The Balaban J connectivity index is 3.15. The average Bonchev–Trinajstić information content (AvgIpc) is 2.52. The second kappa shape index (κ2) is 8.49. The third kappa shape index (κ3) is 5.70. The molecule has 2 unspecified atom stereocenters. The predicted octanol–water partition coefficient (Wildman–Crippen LogP) is 1.65. The molecular weight excluding hydrogens is 384 g/mol. The number of nitrogens with zero attached hydrogens (tertiary/aromatic N) is 2. The number of amides is 1. The van der Waals surface area contributed by atoms with Gasteiger partial charge in [0.25, 0.3) is 0 Å². The topological polar surface area (TPSA) is 117 Å². The van der Waals surface area contributed by atoms with E-state index < -0.39 is 43.1 Å². The van der Waals surface area contributed by atoms with Crippen molar-refractivity contribution in [2.24, 2.45) is 0 Å². The molecular formula is C13H16F3N2O7P. The van der Waals surface area contributed by atoms with Gasteiger partial charge in [-0.05, 0) is 12.1 Å². The molecule has 0 saturated carbocycles. The summed E-state index contributed by atoms with van der Waals surface area (Å²) in [5.41, 5.74) is 0.267. The number of methoxy groups -OCH3 is 1. The zero-order valence-electron chi connectivity index (χ0n) is 13.6. The number of halogens is 3. The first-order valence-corrected chi connectivity index (χ1v) is 8.48. The predicted molar refractivity (Wildman–Crippen MR) is 82.0 cm³/mol. The molecule has 0 radical (unpaired) electrons. The molecule has 0 aliphatic carbocycles. The minimum absolute atomic E-state index is 0.267. The van der Waals surface area contributed by atoms with E-state index in [1.54, 1.807) is 18.2 Å². The quantitative estimate of drug-likeness (QED) is 0.384. The summed E-state index contributed by atoms with van der Waals surface area (Å²) in [4.78, 5) is 31.8. The molecule has 0 aliphatic rings. The lowest BCUT2D eigenvalue weighted by Crippen LogP contribution is -2.50. The van der Waals surface area contributed by atoms with Crippen molar-refractivity contribution in [2.75, 3.05) is 25.8 Å². The summed E-state index contributed by atoms with van der Waals surface area (Å²) >= 11 is 0. The lowest BCUT2D eigenvalue weighted by atomic mass is 10.3. The summed E-state index contributed by atoms with van der Waals surface area (Å²) < 4.78 is 59.8. The van der Waals surface area contributed by atoms with E-state index >= 15 is 0 Å². The number of aliphatic carboxylic acids is 1. The van der Waals surface area contributed by atoms with Gasteiger partial charge in [-0.2, -0.15) is 17.8 Å². The Labute approximate surface area is 146 Å². The molecule has 2 atom stereocenters. The molecule has 26 heavy (non-hydrogen) atoms. The molecule has 0 spiro atoms. The Morgan fingerprint density at radius 2 is 1.81 bits per heavy atom. The Morgan fingerprint density at radius 1 is 1.27 bits per heavy atom. The number of carboxylic acid groups (broad SMARTS) is 1. The molecule has 1 aromatic rings. The van der Waals surface area contributed by atoms with Gasteiger partial charge in [-0.1, -0.05) is 18.2 Å². The lowest BCUT2D eigenvalue weighted by Gasteiger charge is -2.33. The second-order valence-electron chi connectivity index (χ2n) is 4.87. The number of hydrogen-bond donors (Lipinski definition) is 2. The van der Waals surface area contributed by atoms with Gasteiger partial charge in [0.15, 0.2) is 0 Å². The minimum Gasteiger partial charge on any atom is -0.480 e. The van der Waals surface area contributed by atoms with Crippen LogP contribution in [-0.2, 0) is 23.5 Å². The van der Waals surface area contributed by atoms with Crippen LogP contribution in [0.1, 0.15) is 0 Å². The number of para-hydroxylation sites is 1. The van der Waals surface area contributed by atoms with Gasteiger partial charge in [-0.25, -0.2) is 5.06 Å². The maximum absolute atomic E-state index is 12.7. The first kappa shape index (κ1) is 21.9. The van der Waals surface area contributed by atoms with E-state index in [1.807, 2.05) is 0 Å². The van der Waals surface area contributed by atoms with Gasteiger partial charge in [0.2, 0.25) is 5.97 Å². The Hall–Kier alpha value is -2.14. The van der Waals surface area contributed by atoms with Crippen LogP contribution in [0.5, 0.6) is 0 Å². The van der Waals surface area contributed by atoms with Crippen molar-refractivity contribution in [1.82, 2.24) is 4.90 Å². The van der Waals surface area contributed by atoms with Gasteiger partial charge in [-0.15, -0.1) is 0 Å². The van der Waals surface area contributed by atoms with Crippen LogP contribution < -0.4 is 5.06 Å². The second-order valence-corrected chi connectivity index (χ2v) is 6.60. The normalized spacial score (nSPS) is 15.0. The van der Waals surface area contributed by atoms with Crippen LogP contribution in [0.2, 0.25) is 0 Å². The van der Waals surface area contributed by atoms with Gasteiger partial charge in [0, 0.05) is 14.2 Å². The molecule has 0 fully saturated rings. The first-order valence-electron chi connectivity index (χ1n) is 6.83.